The van der Waals surface area contributed by atoms with Crippen LogP contribution in [0.5, 0.6) is 0 Å². The van der Waals surface area contributed by atoms with Crippen LogP contribution in [0.1, 0.15) is 24.3 Å². The maximum atomic E-state index is 13.5. The van der Waals surface area contributed by atoms with Crippen LogP contribution < -0.4 is 4.80 Å². The molecule has 136 valence electrons. The van der Waals surface area contributed by atoms with Gasteiger partial charge < -0.3 is 9.30 Å². The van der Waals surface area contributed by atoms with Crippen LogP contribution >= 0.6 is 11.3 Å². The van der Waals surface area contributed by atoms with Crippen LogP contribution in [0, 0.1) is 5.82 Å². The van der Waals surface area contributed by atoms with Gasteiger partial charge in [0.25, 0.3) is 5.91 Å². The van der Waals surface area contributed by atoms with E-state index in [-0.39, 0.29) is 13.2 Å². The molecular weight excluding hydrogens is 359 g/mol. The molecule has 1 amide bonds. The highest BCUT2D eigenvalue weighted by Gasteiger charge is 2.15. The topological polar surface area (TPSA) is 78.5 Å². The van der Waals surface area contributed by atoms with Crippen molar-refractivity contribution in [3.63, 3.8) is 0 Å². The first-order valence-corrected chi connectivity index (χ1v) is 8.90. The Labute approximate surface area is 152 Å². The fourth-order valence-electron chi connectivity index (χ4n) is 2.53. The van der Waals surface area contributed by atoms with Gasteiger partial charge in [-0.2, -0.15) is 10.1 Å². The number of carbonyl (C=O) groups is 2. The van der Waals surface area contributed by atoms with Gasteiger partial charge in [0.05, 0.1) is 16.8 Å². The number of aromatic nitrogens is 3. The van der Waals surface area contributed by atoms with Crippen molar-refractivity contribution in [1.82, 2.24) is 14.3 Å². The number of esters is 1. The molecule has 0 saturated carbocycles. The van der Waals surface area contributed by atoms with E-state index in [1.807, 2.05) is 6.92 Å². The molecule has 9 heteroatoms. The van der Waals surface area contributed by atoms with Crippen LogP contribution in [0.2, 0.25) is 0 Å². The molecule has 2 heterocycles. The van der Waals surface area contributed by atoms with Crippen molar-refractivity contribution in [1.29, 1.82) is 0 Å². The fourth-order valence-corrected chi connectivity index (χ4v) is 3.58. The molecule has 0 aliphatic carbocycles. The van der Waals surface area contributed by atoms with E-state index in [4.69, 9.17) is 4.74 Å². The van der Waals surface area contributed by atoms with E-state index in [0.29, 0.717) is 27.3 Å². The van der Waals surface area contributed by atoms with Crippen LogP contribution in [0.25, 0.3) is 10.2 Å². The van der Waals surface area contributed by atoms with Gasteiger partial charge in [0.2, 0.25) is 0 Å². The largest absolute Gasteiger partial charge is 0.465 e. The number of hydrogen-bond acceptors (Lipinski definition) is 5. The third-order valence-corrected chi connectivity index (χ3v) is 4.71. The highest BCUT2D eigenvalue weighted by molar-refractivity contribution is 7.16. The third-order valence-electron chi connectivity index (χ3n) is 3.67. The zero-order chi connectivity index (χ0) is 18.7. The monoisotopic (exact) mass is 376 g/mol. The Morgan fingerprint density at radius 3 is 2.85 bits per heavy atom. The molecule has 0 unspecified atom stereocenters. The van der Waals surface area contributed by atoms with Crippen LogP contribution in [0.4, 0.5) is 4.39 Å². The fraction of sp³-hybridized carbons (Fsp3) is 0.294. The maximum Gasteiger partial charge on any atom is 0.326 e. The van der Waals surface area contributed by atoms with Gasteiger partial charge in [-0.1, -0.05) is 11.3 Å². The molecular formula is C17H17FN4O3S. The second-order valence-electron chi connectivity index (χ2n) is 5.34. The van der Waals surface area contributed by atoms with E-state index in [9.17, 15) is 14.0 Å². The predicted molar refractivity (Wildman–Crippen MR) is 94.2 cm³/mol. The highest BCUT2D eigenvalue weighted by Crippen LogP contribution is 2.19. The lowest BCUT2D eigenvalue weighted by atomic mass is 10.3. The Bertz CT molecular complexity index is 1030. The first-order valence-electron chi connectivity index (χ1n) is 8.08. The summed E-state index contributed by atoms with van der Waals surface area (Å²) in [6, 6.07) is 5.79. The Hall–Kier alpha value is -2.81. The van der Waals surface area contributed by atoms with Crippen molar-refractivity contribution in [2.24, 2.45) is 4.99 Å². The lowest BCUT2D eigenvalue weighted by Crippen LogP contribution is -2.23. The van der Waals surface area contributed by atoms with Gasteiger partial charge in [-0.3, -0.25) is 14.3 Å². The third kappa shape index (κ3) is 3.57. The number of carbonyl (C=O) groups excluding carboxylic acids is 2. The van der Waals surface area contributed by atoms with Gasteiger partial charge in [0, 0.05) is 12.7 Å². The molecule has 0 atom stereocenters. The van der Waals surface area contributed by atoms with Crippen molar-refractivity contribution in [3.8, 4) is 0 Å². The van der Waals surface area contributed by atoms with Crippen LogP contribution in [0.15, 0.2) is 35.5 Å². The lowest BCUT2D eigenvalue weighted by molar-refractivity contribution is -0.143. The van der Waals surface area contributed by atoms with Crippen LogP contribution in [-0.4, -0.2) is 32.8 Å². The summed E-state index contributed by atoms with van der Waals surface area (Å²) in [6.07, 6.45) is 1.53. The standard InChI is InChI=1S/C17H17FN4O3S/c1-3-22-13(7-8-19-22)16(24)20-17-21(10-15(23)25-4-2)12-6-5-11(18)9-14(12)26-17/h5-9H,3-4,10H2,1-2H3. The van der Waals surface area contributed by atoms with Gasteiger partial charge in [0.1, 0.15) is 18.1 Å². The molecule has 0 fully saturated rings. The zero-order valence-electron chi connectivity index (χ0n) is 14.3. The summed E-state index contributed by atoms with van der Waals surface area (Å²) < 4.78 is 22.2. The molecule has 0 bridgehead atoms. The van der Waals surface area contributed by atoms with Crippen molar-refractivity contribution in [2.75, 3.05) is 6.61 Å². The second kappa shape index (κ2) is 7.61. The van der Waals surface area contributed by atoms with Crippen molar-refractivity contribution in [2.45, 2.75) is 26.9 Å². The van der Waals surface area contributed by atoms with Crippen molar-refractivity contribution in [3.05, 3.63) is 46.8 Å². The second-order valence-corrected chi connectivity index (χ2v) is 6.35. The number of aryl methyl sites for hydroxylation is 1. The first-order chi connectivity index (χ1) is 12.5. The van der Waals surface area contributed by atoms with Crippen LogP contribution in [-0.2, 0) is 22.6 Å². The summed E-state index contributed by atoms with van der Waals surface area (Å²) in [6.45, 7) is 4.25. The van der Waals surface area contributed by atoms with Gasteiger partial charge in [-0.25, -0.2) is 4.39 Å². The van der Waals surface area contributed by atoms with E-state index in [1.165, 1.54) is 23.0 Å². The molecule has 0 spiro atoms. The minimum Gasteiger partial charge on any atom is -0.465 e. The molecule has 0 radical (unpaired) electrons. The number of hydrogen-bond donors (Lipinski definition) is 0. The summed E-state index contributed by atoms with van der Waals surface area (Å²) in [4.78, 5) is 28.9. The zero-order valence-corrected chi connectivity index (χ0v) is 15.1. The SMILES string of the molecule is CCOC(=O)Cn1c(=NC(=O)c2ccnn2CC)sc2cc(F)ccc21. The van der Waals surface area contributed by atoms with E-state index in [2.05, 4.69) is 10.1 Å². The number of benzene rings is 1. The van der Waals surface area contributed by atoms with E-state index >= 15 is 0 Å². The summed E-state index contributed by atoms with van der Waals surface area (Å²) in [5.41, 5.74) is 0.957. The van der Waals surface area contributed by atoms with Crippen molar-refractivity contribution >= 4 is 33.4 Å². The minimum absolute atomic E-state index is 0.112. The van der Waals surface area contributed by atoms with E-state index in [1.54, 1.807) is 23.6 Å². The van der Waals surface area contributed by atoms with Gasteiger partial charge in [0.15, 0.2) is 4.80 Å². The van der Waals surface area contributed by atoms with Gasteiger partial charge in [-0.15, -0.1) is 0 Å². The number of rotatable bonds is 5. The molecule has 0 aliphatic heterocycles. The minimum atomic E-state index is -0.478. The average Bonchev–Trinajstić information content (AvgIpc) is 3.20. The number of amides is 1. The Balaban J connectivity index is 2.11. The summed E-state index contributed by atoms with van der Waals surface area (Å²) in [7, 11) is 0. The average molecular weight is 376 g/mol. The molecule has 1 aromatic carbocycles. The molecule has 2 aromatic heterocycles. The summed E-state index contributed by atoms with van der Waals surface area (Å²) in [5, 5.41) is 4.06. The Kier molecular flexibility index (Phi) is 5.27. The number of nitrogens with zero attached hydrogens (tertiary/aromatic N) is 4. The quantitative estimate of drug-likeness (QED) is 0.641. The van der Waals surface area contributed by atoms with E-state index < -0.39 is 17.7 Å². The molecule has 0 saturated heterocycles. The molecule has 7 nitrogen and oxygen atoms in total. The summed E-state index contributed by atoms with van der Waals surface area (Å²) >= 11 is 1.14. The number of thiazole rings is 1. The van der Waals surface area contributed by atoms with Crippen LogP contribution in [0.3, 0.4) is 0 Å². The number of ether oxygens (including phenoxy) is 1. The number of fused-ring (bicyclic) bond motifs is 1. The molecule has 0 aliphatic rings. The predicted octanol–water partition coefficient (Wildman–Crippen LogP) is 2.36. The van der Waals surface area contributed by atoms with Crippen molar-refractivity contribution < 1.29 is 18.7 Å². The lowest BCUT2D eigenvalue weighted by Gasteiger charge is -2.05. The van der Waals surface area contributed by atoms with E-state index in [0.717, 1.165) is 11.3 Å². The first kappa shape index (κ1) is 18.0. The summed E-state index contributed by atoms with van der Waals surface area (Å²) in [5.74, 6) is -1.33. The molecule has 3 rings (SSSR count). The molecule has 26 heavy (non-hydrogen) atoms. The smallest absolute Gasteiger partial charge is 0.326 e. The Morgan fingerprint density at radius 2 is 2.12 bits per heavy atom. The highest BCUT2D eigenvalue weighted by atomic mass is 32.1. The normalized spacial score (nSPS) is 11.9. The molecule has 3 aromatic rings. The Morgan fingerprint density at radius 1 is 1.31 bits per heavy atom. The van der Waals surface area contributed by atoms with Gasteiger partial charge >= 0.3 is 5.97 Å². The molecule has 0 N–H and O–H groups in total. The van der Waals surface area contributed by atoms with Gasteiger partial charge in [-0.05, 0) is 38.1 Å². The number of halogens is 1. The maximum absolute atomic E-state index is 13.5.